The monoisotopic (exact) mass is 405 g/mol. The molecule has 0 saturated heterocycles. The smallest absolute Gasteiger partial charge is 0.193 e. The van der Waals surface area contributed by atoms with Crippen LogP contribution in [-0.4, -0.2) is 44.1 Å². The quantitative estimate of drug-likeness (QED) is 0.312. The normalized spacial score (nSPS) is 10.7. The highest BCUT2D eigenvalue weighted by Gasteiger charge is 2.05. The number of hydrogen-bond acceptors (Lipinski definition) is 2. The third-order valence-corrected chi connectivity index (χ3v) is 2.91. The van der Waals surface area contributed by atoms with Crippen LogP contribution in [-0.2, 0) is 0 Å². The average molecular weight is 405 g/mol. The number of aliphatic imine (C=N–C) groups is 1. The average Bonchev–Trinajstić information content (AvgIpc) is 2.47. The van der Waals surface area contributed by atoms with Gasteiger partial charge in [-0.3, -0.25) is 4.99 Å². The van der Waals surface area contributed by atoms with Crippen LogP contribution >= 0.6 is 24.0 Å². The van der Waals surface area contributed by atoms with E-state index in [0.29, 0.717) is 6.61 Å². The van der Waals surface area contributed by atoms with Crippen LogP contribution in [0.25, 0.3) is 0 Å². The van der Waals surface area contributed by atoms with E-state index in [0.717, 1.165) is 37.8 Å². The van der Waals surface area contributed by atoms with Crippen molar-refractivity contribution in [3.05, 3.63) is 30.3 Å². The summed E-state index contributed by atoms with van der Waals surface area (Å²) in [4.78, 5) is 6.72. The summed E-state index contributed by atoms with van der Waals surface area (Å²) >= 11 is 0. The van der Waals surface area contributed by atoms with Gasteiger partial charge in [0.15, 0.2) is 5.96 Å². The maximum absolute atomic E-state index is 5.71. The molecule has 0 bridgehead atoms. The van der Waals surface area contributed by atoms with Crippen LogP contribution in [0.15, 0.2) is 35.3 Å². The zero-order chi connectivity index (χ0) is 14.6. The number of nitrogens with zero attached hydrogens (tertiary/aromatic N) is 2. The summed E-state index contributed by atoms with van der Waals surface area (Å²) in [6.07, 6.45) is 2.30. The fraction of sp³-hybridized carbons (Fsp3) is 0.562. The molecule has 0 aliphatic carbocycles. The Morgan fingerprint density at radius 1 is 1.24 bits per heavy atom. The molecule has 4 nitrogen and oxygen atoms in total. The first-order valence-electron chi connectivity index (χ1n) is 7.45. The first kappa shape index (κ1) is 20.0. The van der Waals surface area contributed by atoms with Crippen LogP contribution in [0.4, 0.5) is 0 Å². The van der Waals surface area contributed by atoms with Gasteiger partial charge < -0.3 is 15.0 Å². The molecular weight excluding hydrogens is 377 g/mol. The van der Waals surface area contributed by atoms with Gasteiger partial charge in [0.1, 0.15) is 12.4 Å². The Labute approximate surface area is 146 Å². The summed E-state index contributed by atoms with van der Waals surface area (Å²) < 4.78 is 5.71. The van der Waals surface area contributed by atoms with Crippen LogP contribution in [0.3, 0.4) is 0 Å². The number of likely N-dealkylation sites (N-methyl/N-ethyl adjacent to an activating group) is 1. The van der Waals surface area contributed by atoms with E-state index in [2.05, 4.69) is 29.1 Å². The van der Waals surface area contributed by atoms with E-state index < -0.39 is 0 Å². The molecule has 0 aliphatic rings. The second-order valence-electron chi connectivity index (χ2n) is 4.67. The molecule has 0 spiro atoms. The second-order valence-corrected chi connectivity index (χ2v) is 4.67. The molecule has 0 amide bonds. The van der Waals surface area contributed by atoms with Crippen molar-refractivity contribution in [3.8, 4) is 5.75 Å². The lowest BCUT2D eigenvalue weighted by atomic mass is 10.3. The number of halogens is 1. The Bertz CT molecular complexity index is 384. The van der Waals surface area contributed by atoms with E-state index >= 15 is 0 Å². The van der Waals surface area contributed by atoms with Crippen molar-refractivity contribution < 1.29 is 4.74 Å². The molecule has 5 heteroatoms. The van der Waals surface area contributed by atoms with Crippen molar-refractivity contribution in [3.63, 3.8) is 0 Å². The third-order valence-electron chi connectivity index (χ3n) is 2.91. The van der Waals surface area contributed by atoms with Gasteiger partial charge >= 0.3 is 0 Å². The van der Waals surface area contributed by atoms with Crippen LogP contribution in [0.2, 0.25) is 0 Å². The van der Waals surface area contributed by atoms with Crippen molar-refractivity contribution in [1.29, 1.82) is 0 Å². The van der Waals surface area contributed by atoms with Gasteiger partial charge in [-0.1, -0.05) is 31.5 Å². The van der Waals surface area contributed by atoms with E-state index in [1.807, 2.05) is 37.4 Å². The molecule has 0 saturated carbocycles. The number of unbranched alkanes of at least 4 members (excludes halogenated alkanes) is 1. The Morgan fingerprint density at radius 3 is 2.57 bits per heavy atom. The molecule has 0 unspecified atom stereocenters. The van der Waals surface area contributed by atoms with Crippen LogP contribution in [0, 0.1) is 0 Å². The molecule has 0 aromatic heterocycles. The fourth-order valence-electron chi connectivity index (χ4n) is 1.74. The largest absolute Gasteiger partial charge is 0.492 e. The van der Waals surface area contributed by atoms with Gasteiger partial charge in [-0.2, -0.15) is 0 Å². The molecule has 1 N–H and O–H groups in total. The van der Waals surface area contributed by atoms with Gasteiger partial charge in [-0.05, 0) is 25.5 Å². The highest BCUT2D eigenvalue weighted by Crippen LogP contribution is 2.07. The van der Waals surface area contributed by atoms with E-state index in [4.69, 9.17) is 4.74 Å². The minimum Gasteiger partial charge on any atom is -0.492 e. The SMILES string of the molecule is CCCCN=C(NCC)N(C)CCOc1ccccc1.I. The fourth-order valence-corrected chi connectivity index (χ4v) is 1.74. The van der Waals surface area contributed by atoms with Crippen molar-refractivity contribution in [2.45, 2.75) is 26.7 Å². The molecular formula is C16H28IN3O. The lowest BCUT2D eigenvalue weighted by Gasteiger charge is -2.22. The van der Waals surface area contributed by atoms with Crippen molar-refractivity contribution in [1.82, 2.24) is 10.2 Å². The number of ether oxygens (including phenoxy) is 1. The molecule has 120 valence electrons. The van der Waals surface area contributed by atoms with Crippen LogP contribution in [0.5, 0.6) is 5.75 Å². The van der Waals surface area contributed by atoms with E-state index in [1.165, 1.54) is 6.42 Å². The molecule has 0 fully saturated rings. The molecule has 21 heavy (non-hydrogen) atoms. The molecule has 1 aromatic rings. The number of hydrogen-bond donors (Lipinski definition) is 1. The Morgan fingerprint density at radius 2 is 1.95 bits per heavy atom. The number of rotatable bonds is 8. The van der Waals surface area contributed by atoms with E-state index in [1.54, 1.807) is 0 Å². The second kappa shape index (κ2) is 12.7. The molecule has 0 heterocycles. The van der Waals surface area contributed by atoms with E-state index in [9.17, 15) is 0 Å². The van der Waals surface area contributed by atoms with E-state index in [-0.39, 0.29) is 24.0 Å². The molecule has 1 rings (SSSR count). The zero-order valence-electron chi connectivity index (χ0n) is 13.3. The summed E-state index contributed by atoms with van der Waals surface area (Å²) in [5.41, 5.74) is 0. The first-order chi connectivity index (χ1) is 9.77. The highest BCUT2D eigenvalue weighted by atomic mass is 127. The number of para-hydroxylation sites is 1. The summed E-state index contributed by atoms with van der Waals surface area (Å²) in [5, 5.41) is 3.31. The minimum absolute atomic E-state index is 0. The van der Waals surface area contributed by atoms with Gasteiger partial charge in [-0.15, -0.1) is 24.0 Å². The molecule has 0 atom stereocenters. The van der Waals surface area contributed by atoms with Crippen molar-refractivity contribution in [2.24, 2.45) is 4.99 Å². The Kier molecular flexibility index (Phi) is 12.1. The van der Waals surface area contributed by atoms with Crippen LogP contribution < -0.4 is 10.1 Å². The number of nitrogens with one attached hydrogen (secondary N) is 1. The van der Waals surface area contributed by atoms with Gasteiger partial charge in [0.25, 0.3) is 0 Å². The predicted molar refractivity (Wildman–Crippen MR) is 101 cm³/mol. The highest BCUT2D eigenvalue weighted by molar-refractivity contribution is 14.0. The van der Waals surface area contributed by atoms with Crippen molar-refractivity contribution >= 4 is 29.9 Å². The van der Waals surface area contributed by atoms with Crippen molar-refractivity contribution in [2.75, 3.05) is 33.3 Å². The Hall–Kier alpha value is -0.980. The third kappa shape index (κ3) is 8.80. The Balaban J connectivity index is 0.00000400. The van der Waals surface area contributed by atoms with Gasteiger partial charge in [0, 0.05) is 20.1 Å². The zero-order valence-corrected chi connectivity index (χ0v) is 15.7. The maximum Gasteiger partial charge on any atom is 0.193 e. The van der Waals surface area contributed by atoms with Gasteiger partial charge in [0.2, 0.25) is 0 Å². The molecule has 1 aromatic carbocycles. The lowest BCUT2D eigenvalue weighted by Crippen LogP contribution is -2.41. The summed E-state index contributed by atoms with van der Waals surface area (Å²) in [6, 6.07) is 9.90. The summed E-state index contributed by atoms with van der Waals surface area (Å²) in [5.74, 6) is 1.87. The standard InChI is InChI=1S/C16H27N3O.HI/c1-4-6-12-18-16(17-5-2)19(3)13-14-20-15-10-8-7-9-11-15;/h7-11H,4-6,12-14H2,1-3H3,(H,17,18);1H. The lowest BCUT2D eigenvalue weighted by molar-refractivity contribution is 0.281. The number of benzene rings is 1. The maximum atomic E-state index is 5.71. The minimum atomic E-state index is 0. The van der Waals surface area contributed by atoms with Crippen LogP contribution in [0.1, 0.15) is 26.7 Å². The predicted octanol–water partition coefficient (Wildman–Crippen LogP) is 3.38. The molecule has 0 aliphatic heterocycles. The van der Waals surface area contributed by atoms with Gasteiger partial charge in [0.05, 0.1) is 6.54 Å². The first-order valence-corrected chi connectivity index (χ1v) is 7.45. The number of guanidine groups is 1. The topological polar surface area (TPSA) is 36.9 Å². The van der Waals surface area contributed by atoms with Gasteiger partial charge in [-0.25, -0.2) is 0 Å². The summed E-state index contributed by atoms with van der Waals surface area (Å²) in [6.45, 7) is 7.49. The molecule has 0 radical (unpaired) electrons. The summed E-state index contributed by atoms with van der Waals surface area (Å²) in [7, 11) is 2.04.